The average Bonchev–Trinajstić information content (AvgIpc) is 2.79. The molecule has 0 unspecified atom stereocenters. The van der Waals surface area contributed by atoms with Crippen LogP contribution >= 0.6 is 11.8 Å². The van der Waals surface area contributed by atoms with Crippen molar-refractivity contribution in [3.63, 3.8) is 0 Å². The summed E-state index contributed by atoms with van der Waals surface area (Å²) in [6.07, 6.45) is 0. The van der Waals surface area contributed by atoms with E-state index in [-0.39, 0.29) is 5.43 Å². The van der Waals surface area contributed by atoms with Crippen LogP contribution in [0.2, 0.25) is 0 Å². The first-order valence-corrected chi connectivity index (χ1v) is 10.9. The van der Waals surface area contributed by atoms with Crippen molar-refractivity contribution in [2.24, 2.45) is 0 Å². The summed E-state index contributed by atoms with van der Waals surface area (Å²) in [5.41, 5.74) is 1.37. The first-order valence-electron chi connectivity index (χ1n) is 9.96. The van der Waals surface area contributed by atoms with E-state index in [4.69, 9.17) is 18.6 Å². The lowest BCUT2D eigenvalue weighted by Gasteiger charge is -2.27. The normalized spacial score (nSPS) is 14.1. The SMILES string of the molecule is COc1ccccc1SCCOc1ccc2c(=O)cc(N3CCOCC3)oc2c1C. The van der Waals surface area contributed by atoms with Crippen LogP contribution in [0.1, 0.15) is 5.56 Å². The molecule has 2 heterocycles. The van der Waals surface area contributed by atoms with Gasteiger partial charge in [0.15, 0.2) is 11.3 Å². The van der Waals surface area contributed by atoms with Crippen molar-refractivity contribution in [2.75, 3.05) is 50.7 Å². The minimum absolute atomic E-state index is 0.0425. The van der Waals surface area contributed by atoms with Gasteiger partial charge < -0.3 is 23.5 Å². The Kier molecular flexibility index (Phi) is 6.50. The molecule has 0 atom stereocenters. The number of morpholine rings is 1. The van der Waals surface area contributed by atoms with Crippen LogP contribution in [0.15, 0.2) is 56.6 Å². The maximum Gasteiger partial charge on any atom is 0.200 e. The number of thioether (sulfide) groups is 1. The number of ether oxygens (including phenoxy) is 3. The van der Waals surface area contributed by atoms with Crippen LogP contribution in [-0.4, -0.2) is 45.8 Å². The fraction of sp³-hybridized carbons (Fsp3) is 0.348. The second kappa shape index (κ2) is 9.45. The third-order valence-electron chi connectivity index (χ3n) is 5.07. The quantitative estimate of drug-likeness (QED) is 0.415. The lowest BCUT2D eigenvalue weighted by atomic mass is 10.1. The third kappa shape index (κ3) is 4.42. The zero-order valence-corrected chi connectivity index (χ0v) is 18.0. The zero-order chi connectivity index (χ0) is 20.9. The molecular formula is C23H25NO5S. The van der Waals surface area contributed by atoms with Crippen LogP contribution in [0.3, 0.4) is 0 Å². The first-order chi connectivity index (χ1) is 14.7. The van der Waals surface area contributed by atoms with Gasteiger partial charge in [0.1, 0.15) is 17.1 Å². The molecule has 6 nitrogen and oxygen atoms in total. The van der Waals surface area contributed by atoms with Gasteiger partial charge in [-0.1, -0.05) is 12.1 Å². The molecule has 0 radical (unpaired) electrons. The molecule has 0 amide bonds. The molecule has 3 aromatic rings. The molecule has 4 rings (SSSR count). The Bertz CT molecular complexity index is 1070. The van der Waals surface area contributed by atoms with Gasteiger partial charge in [0.25, 0.3) is 0 Å². The van der Waals surface area contributed by atoms with Crippen molar-refractivity contribution < 1.29 is 18.6 Å². The maximum atomic E-state index is 12.6. The van der Waals surface area contributed by atoms with E-state index in [1.807, 2.05) is 42.2 Å². The Balaban J connectivity index is 1.49. The summed E-state index contributed by atoms with van der Waals surface area (Å²) < 4.78 is 22.9. The molecule has 0 spiro atoms. The number of hydrogen-bond donors (Lipinski definition) is 0. The van der Waals surface area contributed by atoms with E-state index < -0.39 is 0 Å². The van der Waals surface area contributed by atoms with E-state index in [0.717, 1.165) is 27.7 Å². The summed E-state index contributed by atoms with van der Waals surface area (Å²) >= 11 is 1.68. The fourth-order valence-electron chi connectivity index (χ4n) is 3.46. The Hall–Kier alpha value is -2.64. The van der Waals surface area contributed by atoms with Gasteiger partial charge in [-0.3, -0.25) is 4.79 Å². The standard InChI is InChI=1S/C23H25NO5S/c1-16-19(28-13-14-30-21-6-4-3-5-20(21)26-2)8-7-17-18(25)15-22(29-23(16)17)24-9-11-27-12-10-24/h3-8,15H,9-14H2,1-2H3. The largest absolute Gasteiger partial charge is 0.496 e. The van der Waals surface area contributed by atoms with E-state index in [1.165, 1.54) is 0 Å². The van der Waals surface area contributed by atoms with E-state index in [9.17, 15) is 4.79 Å². The number of fused-ring (bicyclic) bond motifs is 1. The molecule has 7 heteroatoms. The van der Waals surface area contributed by atoms with Gasteiger partial charge in [-0.15, -0.1) is 11.8 Å². The van der Waals surface area contributed by atoms with Crippen molar-refractivity contribution in [3.05, 3.63) is 58.3 Å². The molecule has 1 aromatic heterocycles. The average molecular weight is 428 g/mol. The molecule has 0 N–H and O–H groups in total. The van der Waals surface area contributed by atoms with Crippen molar-refractivity contribution in [2.45, 2.75) is 11.8 Å². The summed E-state index contributed by atoms with van der Waals surface area (Å²) in [6.45, 7) is 5.15. The number of benzene rings is 2. The molecule has 1 fully saturated rings. The monoisotopic (exact) mass is 427 g/mol. The summed E-state index contributed by atoms with van der Waals surface area (Å²) in [5, 5.41) is 0.570. The van der Waals surface area contributed by atoms with Gasteiger partial charge in [-0.2, -0.15) is 0 Å². The minimum atomic E-state index is -0.0425. The fourth-order valence-corrected chi connectivity index (χ4v) is 4.32. The number of anilines is 1. The van der Waals surface area contributed by atoms with Gasteiger partial charge in [0.2, 0.25) is 0 Å². The Labute approximate surface area is 179 Å². The van der Waals surface area contributed by atoms with Crippen LogP contribution < -0.4 is 19.8 Å². The summed E-state index contributed by atoms with van der Waals surface area (Å²) in [7, 11) is 1.67. The van der Waals surface area contributed by atoms with E-state index in [0.29, 0.717) is 49.8 Å². The van der Waals surface area contributed by atoms with Gasteiger partial charge in [0, 0.05) is 35.4 Å². The molecule has 30 heavy (non-hydrogen) atoms. The lowest BCUT2D eigenvalue weighted by molar-refractivity contribution is 0.121. The zero-order valence-electron chi connectivity index (χ0n) is 17.2. The smallest absolute Gasteiger partial charge is 0.200 e. The highest BCUT2D eigenvalue weighted by Crippen LogP contribution is 2.31. The van der Waals surface area contributed by atoms with Crippen LogP contribution in [0, 0.1) is 6.92 Å². The first kappa shape index (κ1) is 20.6. The van der Waals surface area contributed by atoms with Gasteiger partial charge >= 0.3 is 0 Å². The summed E-state index contributed by atoms with van der Waals surface area (Å²) in [6, 6.07) is 13.1. The van der Waals surface area contributed by atoms with Gasteiger partial charge in [-0.25, -0.2) is 0 Å². The summed E-state index contributed by atoms with van der Waals surface area (Å²) in [5.74, 6) is 2.95. The predicted molar refractivity (Wildman–Crippen MR) is 119 cm³/mol. The second-order valence-corrected chi connectivity index (χ2v) is 8.10. The summed E-state index contributed by atoms with van der Waals surface area (Å²) in [4.78, 5) is 15.7. The molecule has 2 aromatic carbocycles. The molecule has 0 bridgehead atoms. The third-order valence-corrected chi connectivity index (χ3v) is 6.09. The van der Waals surface area contributed by atoms with Gasteiger partial charge in [0.05, 0.1) is 32.3 Å². The Morgan fingerprint density at radius 2 is 1.90 bits per heavy atom. The molecule has 1 aliphatic rings. The van der Waals surface area contributed by atoms with Crippen molar-refractivity contribution in [1.82, 2.24) is 0 Å². The maximum absolute atomic E-state index is 12.6. The topological polar surface area (TPSA) is 61.1 Å². The lowest BCUT2D eigenvalue weighted by Crippen LogP contribution is -2.36. The minimum Gasteiger partial charge on any atom is -0.496 e. The van der Waals surface area contributed by atoms with Crippen LogP contribution in [0.4, 0.5) is 5.88 Å². The number of methoxy groups -OCH3 is 1. The van der Waals surface area contributed by atoms with Gasteiger partial charge in [-0.05, 0) is 31.2 Å². The highest BCUT2D eigenvalue weighted by Gasteiger charge is 2.17. The number of nitrogens with zero attached hydrogens (tertiary/aromatic N) is 1. The van der Waals surface area contributed by atoms with Crippen molar-refractivity contribution in [3.8, 4) is 11.5 Å². The molecule has 1 saturated heterocycles. The number of rotatable bonds is 7. The van der Waals surface area contributed by atoms with Crippen LogP contribution in [0.5, 0.6) is 11.5 Å². The van der Waals surface area contributed by atoms with Crippen molar-refractivity contribution in [1.29, 1.82) is 0 Å². The number of hydrogen-bond acceptors (Lipinski definition) is 7. The molecule has 0 saturated carbocycles. The Morgan fingerprint density at radius 1 is 1.10 bits per heavy atom. The highest BCUT2D eigenvalue weighted by molar-refractivity contribution is 7.99. The number of aryl methyl sites for hydroxylation is 1. The predicted octanol–water partition coefficient (Wildman–Crippen LogP) is 4.12. The van der Waals surface area contributed by atoms with Crippen LogP contribution in [-0.2, 0) is 4.74 Å². The molecule has 1 aliphatic heterocycles. The number of para-hydroxylation sites is 1. The van der Waals surface area contributed by atoms with Crippen molar-refractivity contribution >= 4 is 28.6 Å². The molecular weight excluding hydrogens is 402 g/mol. The second-order valence-electron chi connectivity index (χ2n) is 6.96. The van der Waals surface area contributed by atoms with E-state index in [1.54, 1.807) is 31.0 Å². The van der Waals surface area contributed by atoms with E-state index >= 15 is 0 Å². The molecule has 158 valence electrons. The molecule has 0 aliphatic carbocycles. The highest BCUT2D eigenvalue weighted by atomic mass is 32.2. The Morgan fingerprint density at radius 3 is 2.70 bits per heavy atom. The van der Waals surface area contributed by atoms with E-state index in [2.05, 4.69) is 0 Å². The van der Waals surface area contributed by atoms with Crippen LogP contribution in [0.25, 0.3) is 11.0 Å².